The van der Waals surface area contributed by atoms with Crippen LogP contribution in [0.5, 0.6) is 0 Å². The normalized spacial score (nSPS) is 35.6. The van der Waals surface area contributed by atoms with Gasteiger partial charge < -0.3 is 9.84 Å². The van der Waals surface area contributed by atoms with Gasteiger partial charge in [0.25, 0.3) is 0 Å². The van der Waals surface area contributed by atoms with E-state index in [1.165, 1.54) is 14.2 Å². The predicted molar refractivity (Wildman–Crippen MR) is 57.1 cm³/mol. The van der Waals surface area contributed by atoms with Gasteiger partial charge in [-0.1, -0.05) is 6.92 Å². The van der Waals surface area contributed by atoms with Gasteiger partial charge >= 0.3 is 7.82 Å². The van der Waals surface area contributed by atoms with Crippen LogP contribution in [0.4, 0.5) is 0 Å². The number of aliphatic hydroxyl groups excluding tert-OH is 1. The third kappa shape index (κ3) is 3.03. The molecule has 0 spiro atoms. The van der Waals surface area contributed by atoms with Crippen molar-refractivity contribution in [3.63, 3.8) is 0 Å². The van der Waals surface area contributed by atoms with E-state index < -0.39 is 13.9 Å². The zero-order chi connectivity index (χ0) is 12.3. The topological polar surface area (TPSA) is 74.2 Å². The van der Waals surface area contributed by atoms with E-state index in [0.717, 1.165) is 0 Å². The fourth-order valence-electron chi connectivity index (χ4n) is 1.66. The van der Waals surface area contributed by atoms with E-state index in [1.807, 2.05) is 6.92 Å². The van der Waals surface area contributed by atoms with Crippen LogP contribution in [0, 0.1) is 5.92 Å². The van der Waals surface area contributed by atoms with Crippen molar-refractivity contribution in [1.82, 2.24) is 0 Å². The summed E-state index contributed by atoms with van der Waals surface area (Å²) in [6.07, 6.45) is -1.07. The summed E-state index contributed by atoms with van der Waals surface area (Å²) in [6, 6.07) is 0. The number of phosphoric acid groups is 1. The third-order valence-electron chi connectivity index (χ3n) is 2.84. The third-order valence-corrected chi connectivity index (χ3v) is 4.20. The van der Waals surface area contributed by atoms with Crippen molar-refractivity contribution in [2.24, 2.45) is 5.92 Å². The Labute approximate surface area is 95.5 Å². The van der Waals surface area contributed by atoms with Crippen LogP contribution in [-0.4, -0.2) is 44.2 Å². The van der Waals surface area contributed by atoms with Crippen molar-refractivity contribution >= 4 is 7.82 Å². The Morgan fingerprint density at radius 3 is 2.25 bits per heavy atom. The molecule has 16 heavy (non-hydrogen) atoms. The van der Waals surface area contributed by atoms with E-state index in [-0.39, 0.29) is 24.7 Å². The maximum atomic E-state index is 11.6. The Morgan fingerprint density at radius 2 is 1.88 bits per heavy atom. The molecule has 0 aliphatic carbocycles. The summed E-state index contributed by atoms with van der Waals surface area (Å²) < 4.78 is 31.4. The molecule has 1 heterocycles. The van der Waals surface area contributed by atoms with Crippen LogP contribution in [0.1, 0.15) is 13.8 Å². The molecule has 1 rings (SSSR count). The molecule has 0 aromatic rings. The van der Waals surface area contributed by atoms with E-state index in [9.17, 15) is 9.67 Å². The molecular formula is C9H19O6P. The minimum Gasteiger partial charge on any atom is -0.390 e. The summed E-state index contributed by atoms with van der Waals surface area (Å²) in [4.78, 5) is 0. The Balaban J connectivity index is 2.48. The number of hydrogen-bond donors (Lipinski definition) is 1. The molecule has 0 saturated carbocycles. The van der Waals surface area contributed by atoms with Gasteiger partial charge in [0.15, 0.2) is 0 Å². The first-order chi connectivity index (χ1) is 7.43. The van der Waals surface area contributed by atoms with Gasteiger partial charge in [-0.05, 0) is 6.92 Å². The summed E-state index contributed by atoms with van der Waals surface area (Å²) in [5, 5.41) is 9.67. The van der Waals surface area contributed by atoms with Gasteiger partial charge in [0.2, 0.25) is 0 Å². The fourth-order valence-corrected chi connectivity index (χ4v) is 2.35. The molecule has 0 aromatic carbocycles. The molecule has 96 valence electrons. The predicted octanol–water partition coefficient (Wildman–Crippen LogP) is 1.19. The first kappa shape index (κ1) is 14.1. The summed E-state index contributed by atoms with van der Waals surface area (Å²) in [6.45, 7) is 3.71. The number of phosphoric ester groups is 1. The number of rotatable bonds is 5. The van der Waals surface area contributed by atoms with Crippen LogP contribution < -0.4 is 0 Å². The summed E-state index contributed by atoms with van der Waals surface area (Å²) in [5.74, 6) is -0.0721. The summed E-state index contributed by atoms with van der Waals surface area (Å²) >= 11 is 0. The van der Waals surface area contributed by atoms with Crippen molar-refractivity contribution in [2.45, 2.75) is 32.2 Å². The van der Waals surface area contributed by atoms with Gasteiger partial charge in [-0.3, -0.25) is 13.6 Å². The standard InChI is InChI=1S/C9H19O6P/c1-6-8(15-7(2)9(6)10)5-14-16(11,12-3)13-4/h6-10H,5H2,1-4H3/t6-,7+,8-,9+/m1/s1. The molecule has 4 atom stereocenters. The van der Waals surface area contributed by atoms with Crippen LogP contribution in [0.3, 0.4) is 0 Å². The van der Waals surface area contributed by atoms with E-state index in [2.05, 4.69) is 9.05 Å². The Hall–Kier alpha value is 0.0300. The molecule has 1 aliphatic heterocycles. The van der Waals surface area contributed by atoms with E-state index in [4.69, 9.17) is 9.26 Å². The van der Waals surface area contributed by atoms with Gasteiger partial charge in [0.05, 0.1) is 24.9 Å². The smallest absolute Gasteiger partial charge is 0.390 e. The minimum absolute atomic E-state index is 0.0710. The van der Waals surface area contributed by atoms with Gasteiger partial charge in [0.1, 0.15) is 0 Å². The van der Waals surface area contributed by atoms with Crippen LogP contribution in [0.2, 0.25) is 0 Å². The van der Waals surface area contributed by atoms with Crippen molar-refractivity contribution in [3.8, 4) is 0 Å². The molecule has 7 heteroatoms. The SMILES string of the molecule is COP(=O)(OC)OC[C@H]1O[C@@H](C)[C@@H](O)[C@@H]1C. The minimum atomic E-state index is -3.46. The molecular weight excluding hydrogens is 235 g/mol. The molecule has 0 amide bonds. The number of ether oxygens (including phenoxy) is 1. The van der Waals surface area contributed by atoms with E-state index in [0.29, 0.717) is 0 Å². The molecule has 1 fully saturated rings. The van der Waals surface area contributed by atoms with Crippen molar-refractivity contribution < 1.29 is 28.0 Å². The lowest BCUT2D eigenvalue weighted by Crippen LogP contribution is -2.25. The highest BCUT2D eigenvalue weighted by molar-refractivity contribution is 7.48. The maximum Gasteiger partial charge on any atom is 0.474 e. The van der Waals surface area contributed by atoms with Gasteiger partial charge in [-0.2, -0.15) is 0 Å². The highest BCUT2D eigenvalue weighted by atomic mass is 31.2. The van der Waals surface area contributed by atoms with Crippen LogP contribution in [-0.2, 0) is 22.9 Å². The largest absolute Gasteiger partial charge is 0.474 e. The maximum absolute atomic E-state index is 11.6. The molecule has 6 nitrogen and oxygen atoms in total. The van der Waals surface area contributed by atoms with Crippen molar-refractivity contribution in [3.05, 3.63) is 0 Å². The van der Waals surface area contributed by atoms with Gasteiger partial charge in [0, 0.05) is 20.1 Å². The van der Waals surface area contributed by atoms with Gasteiger partial charge in [-0.25, -0.2) is 4.57 Å². The molecule has 1 aliphatic rings. The highest BCUT2D eigenvalue weighted by Crippen LogP contribution is 2.48. The van der Waals surface area contributed by atoms with Crippen molar-refractivity contribution in [2.75, 3.05) is 20.8 Å². The first-order valence-electron chi connectivity index (χ1n) is 5.13. The second kappa shape index (κ2) is 5.58. The summed E-state index contributed by atoms with van der Waals surface area (Å²) in [7, 11) is -0.960. The highest BCUT2D eigenvalue weighted by Gasteiger charge is 2.39. The number of aliphatic hydroxyl groups is 1. The fraction of sp³-hybridized carbons (Fsp3) is 1.00. The lowest BCUT2D eigenvalue weighted by atomic mass is 10.00. The lowest BCUT2D eigenvalue weighted by molar-refractivity contribution is -0.00424. The Bertz CT molecular complexity index is 263. The quantitative estimate of drug-likeness (QED) is 0.743. The molecule has 0 bridgehead atoms. The lowest BCUT2D eigenvalue weighted by Gasteiger charge is -2.18. The summed E-state index contributed by atoms with van der Waals surface area (Å²) in [5.41, 5.74) is 0. The van der Waals surface area contributed by atoms with E-state index in [1.54, 1.807) is 6.92 Å². The zero-order valence-corrected chi connectivity index (χ0v) is 10.8. The number of hydrogen-bond acceptors (Lipinski definition) is 6. The van der Waals surface area contributed by atoms with Crippen molar-refractivity contribution in [1.29, 1.82) is 0 Å². The van der Waals surface area contributed by atoms with E-state index >= 15 is 0 Å². The average molecular weight is 254 g/mol. The molecule has 1 saturated heterocycles. The molecule has 0 aromatic heterocycles. The molecule has 0 radical (unpaired) electrons. The van der Waals surface area contributed by atoms with Crippen LogP contribution >= 0.6 is 7.82 Å². The average Bonchev–Trinajstić information content (AvgIpc) is 2.54. The monoisotopic (exact) mass is 254 g/mol. The van der Waals surface area contributed by atoms with Crippen LogP contribution in [0.15, 0.2) is 0 Å². The Morgan fingerprint density at radius 1 is 1.31 bits per heavy atom. The second-order valence-corrected chi connectivity index (χ2v) is 5.72. The Kier molecular flexibility index (Phi) is 4.91. The van der Waals surface area contributed by atoms with Crippen LogP contribution in [0.25, 0.3) is 0 Å². The second-order valence-electron chi connectivity index (χ2n) is 3.84. The zero-order valence-electron chi connectivity index (χ0n) is 9.95. The van der Waals surface area contributed by atoms with Gasteiger partial charge in [-0.15, -0.1) is 0 Å². The molecule has 1 N–H and O–H groups in total. The molecule has 0 unspecified atom stereocenters. The first-order valence-corrected chi connectivity index (χ1v) is 6.59.